The van der Waals surface area contributed by atoms with E-state index in [9.17, 15) is 13.2 Å². The van der Waals surface area contributed by atoms with Gasteiger partial charge in [-0.3, -0.25) is 0 Å². The molecular formula is C17H17F3N2O. The molecule has 0 aliphatic rings. The van der Waals surface area contributed by atoms with E-state index in [-0.39, 0.29) is 6.61 Å². The van der Waals surface area contributed by atoms with Crippen molar-refractivity contribution in [1.29, 1.82) is 0 Å². The highest BCUT2D eigenvalue weighted by atomic mass is 19.4. The molecule has 2 aromatic carbocycles. The zero-order valence-corrected chi connectivity index (χ0v) is 12.8. The highest BCUT2D eigenvalue weighted by molar-refractivity contribution is 6.02. The lowest BCUT2D eigenvalue weighted by Crippen LogP contribution is -2.05. The van der Waals surface area contributed by atoms with Gasteiger partial charge in [0.05, 0.1) is 11.3 Å². The van der Waals surface area contributed by atoms with E-state index in [1.807, 2.05) is 19.1 Å². The molecule has 2 aromatic rings. The molecule has 0 saturated heterocycles. The van der Waals surface area contributed by atoms with Gasteiger partial charge < -0.3 is 10.6 Å². The number of rotatable bonds is 4. The minimum atomic E-state index is -4.37. The molecule has 0 aromatic heterocycles. The molecule has 6 heteroatoms. The zero-order chi connectivity index (χ0) is 17.0. The van der Waals surface area contributed by atoms with Crippen LogP contribution in [0.1, 0.15) is 29.2 Å². The van der Waals surface area contributed by atoms with E-state index in [2.05, 4.69) is 5.16 Å². The fourth-order valence-electron chi connectivity index (χ4n) is 2.07. The smallest absolute Gasteiger partial charge is 0.398 e. The van der Waals surface area contributed by atoms with Crippen molar-refractivity contribution in [2.24, 2.45) is 5.16 Å². The summed E-state index contributed by atoms with van der Waals surface area (Å²) in [6, 6.07) is 10.5. The average Bonchev–Trinajstić information content (AvgIpc) is 2.49. The summed E-state index contributed by atoms with van der Waals surface area (Å²) in [7, 11) is 0. The lowest BCUT2D eigenvalue weighted by molar-refractivity contribution is -0.137. The maximum atomic E-state index is 12.6. The highest BCUT2D eigenvalue weighted by Crippen LogP contribution is 2.29. The molecule has 0 atom stereocenters. The van der Waals surface area contributed by atoms with Crippen molar-refractivity contribution in [2.75, 3.05) is 5.73 Å². The summed E-state index contributed by atoms with van der Waals surface area (Å²) in [5.74, 6) is 0. The predicted molar refractivity (Wildman–Crippen MR) is 84.0 cm³/mol. The van der Waals surface area contributed by atoms with E-state index < -0.39 is 11.7 Å². The third-order valence-electron chi connectivity index (χ3n) is 3.29. The van der Waals surface area contributed by atoms with Crippen LogP contribution in [-0.2, 0) is 17.6 Å². The van der Waals surface area contributed by atoms with Gasteiger partial charge in [-0.25, -0.2) is 0 Å². The van der Waals surface area contributed by atoms with Crippen molar-refractivity contribution in [3.05, 3.63) is 64.7 Å². The molecule has 2 rings (SSSR count). The van der Waals surface area contributed by atoms with Gasteiger partial charge in [-0.15, -0.1) is 0 Å². The van der Waals surface area contributed by atoms with Gasteiger partial charge in [-0.1, -0.05) is 28.9 Å². The molecule has 0 aliphatic heterocycles. The Kier molecular flexibility index (Phi) is 4.93. The van der Waals surface area contributed by atoms with Crippen LogP contribution >= 0.6 is 0 Å². The van der Waals surface area contributed by atoms with Crippen LogP contribution in [0.15, 0.2) is 47.6 Å². The number of anilines is 1. The molecule has 0 aliphatic carbocycles. The molecule has 3 nitrogen and oxygen atoms in total. The largest absolute Gasteiger partial charge is 0.416 e. The van der Waals surface area contributed by atoms with E-state index in [1.54, 1.807) is 19.1 Å². The van der Waals surface area contributed by atoms with E-state index in [1.165, 1.54) is 6.07 Å². The number of nitrogen functional groups attached to an aromatic ring is 1. The Morgan fingerprint density at radius 2 is 1.91 bits per heavy atom. The SMILES string of the molecule is C/C(=N\OCc1cccc(C(F)(F)F)c1)c1cc(C)ccc1N. The number of oxime groups is 1. The van der Waals surface area contributed by atoms with Crippen LogP contribution in [0.5, 0.6) is 0 Å². The highest BCUT2D eigenvalue weighted by Gasteiger charge is 2.30. The summed E-state index contributed by atoms with van der Waals surface area (Å²) in [5.41, 5.74) is 8.48. The summed E-state index contributed by atoms with van der Waals surface area (Å²) in [5, 5.41) is 3.94. The summed E-state index contributed by atoms with van der Waals surface area (Å²) in [6.45, 7) is 3.62. The molecule has 0 heterocycles. The molecule has 0 fully saturated rings. The van der Waals surface area contributed by atoms with Crippen molar-refractivity contribution in [2.45, 2.75) is 26.6 Å². The molecule has 0 amide bonds. The van der Waals surface area contributed by atoms with Crippen LogP contribution in [0, 0.1) is 6.92 Å². The lowest BCUT2D eigenvalue weighted by atomic mass is 10.1. The quantitative estimate of drug-likeness (QED) is 0.510. The Labute approximate surface area is 132 Å². The monoisotopic (exact) mass is 322 g/mol. The summed E-state index contributed by atoms with van der Waals surface area (Å²) < 4.78 is 37.9. The Morgan fingerprint density at radius 3 is 2.61 bits per heavy atom. The normalized spacial score (nSPS) is 12.3. The van der Waals surface area contributed by atoms with Gasteiger partial charge in [0.1, 0.15) is 6.61 Å². The van der Waals surface area contributed by atoms with E-state index in [4.69, 9.17) is 10.6 Å². The van der Waals surface area contributed by atoms with Crippen LogP contribution in [0.25, 0.3) is 0 Å². The molecule has 0 radical (unpaired) electrons. The lowest BCUT2D eigenvalue weighted by Gasteiger charge is -2.09. The van der Waals surface area contributed by atoms with Gasteiger partial charge in [0.15, 0.2) is 0 Å². The minimum absolute atomic E-state index is 0.0486. The zero-order valence-electron chi connectivity index (χ0n) is 12.8. The van der Waals surface area contributed by atoms with Gasteiger partial charge in [-0.2, -0.15) is 13.2 Å². The molecule has 2 N–H and O–H groups in total. The van der Waals surface area contributed by atoms with E-state index >= 15 is 0 Å². The second-order valence-corrected chi connectivity index (χ2v) is 5.24. The van der Waals surface area contributed by atoms with Crippen molar-refractivity contribution >= 4 is 11.4 Å². The Hall–Kier alpha value is -2.50. The number of nitrogens with zero attached hydrogens (tertiary/aromatic N) is 1. The van der Waals surface area contributed by atoms with Crippen LogP contribution in [-0.4, -0.2) is 5.71 Å². The van der Waals surface area contributed by atoms with Gasteiger partial charge in [0, 0.05) is 11.3 Å². The topological polar surface area (TPSA) is 47.6 Å². The second kappa shape index (κ2) is 6.73. The first-order valence-electron chi connectivity index (χ1n) is 6.96. The van der Waals surface area contributed by atoms with Crippen molar-refractivity contribution in [3.8, 4) is 0 Å². The van der Waals surface area contributed by atoms with Crippen LogP contribution in [0.3, 0.4) is 0 Å². The molecule has 122 valence electrons. The first-order valence-corrected chi connectivity index (χ1v) is 6.96. The fraction of sp³-hybridized carbons (Fsp3) is 0.235. The average molecular weight is 322 g/mol. The summed E-state index contributed by atoms with van der Waals surface area (Å²) in [4.78, 5) is 5.16. The number of alkyl halides is 3. The fourth-order valence-corrected chi connectivity index (χ4v) is 2.07. The maximum absolute atomic E-state index is 12.6. The predicted octanol–water partition coefficient (Wildman–Crippen LogP) is 4.54. The van der Waals surface area contributed by atoms with Crippen molar-refractivity contribution in [1.82, 2.24) is 0 Å². The first-order chi connectivity index (χ1) is 10.8. The summed E-state index contributed by atoms with van der Waals surface area (Å²) in [6.07, 6.45) is -4.37. The number of hydrogen-bond donors (Lipinski definition) is 1. The first kappa shape index (κ1) is 16.9. The van der Waals surface area contributed by atoms with Gasteiger partial charge in [0.25, 0.3) is 0 Å². The van der Waals surface area contributed by atoms with E-state index in [0.717, 1.165) is 23.3 Å². The molecule has 0 spiro atoms. The van der Waals surface area contributed by atoms with Crippen LogP contribution in [0.4, 0.5) is 18.9 Å². The Balaban J connectivity index is 2.08. The van der Waals surface area contributed by atoms with Gasteiger partial charge >= 0.3 is 6.18 Å². The van der Waals surface area contributed by atoms with Gasteiger partial charge in [0.2, 0.25) is 0 Å². The Morgan fingerprint density at radius 1 is 1.17 bits per heavy atom. The molecule has 0 unspecified atom stereocenters. The maximum Gasteiger partial charge on any atom is 0.416 e. The number of nitrogens with two attached hydrogens (primary N) is 1. The summed E-state index contributed by atoms with van der Waals surface area (Å²) >= 11 is 0. The van der Waals surface area contributed by atoms with Crippen molar-refractivity contribution in [3.63, 3.8) is 0 Å². The molecule has 0 bridgehead atoms. The molecule has 23 heavy (non-hydrogen) atoms. The second-order valence-electron chi connectivity index (χ2n) is 5.24. The molecular weight excluding hydrogens is 305 g/mol. The minimum Gasteiger partial charge on any atom is -0.398 e. The third kappa shape index (κ3) is 4.48. The number of benzene rings is 2. The van der Waals surface area contributed by atoms with Crippen LogP contribution < -0.4 is 5.73 Å². The van der Waals surface area contributed by atoms with Gasteiger partial charge in [-0.05, 0) is 43.7 Å². The molecule has 0 saturated carbocycles. The number of halogens is 3. The Bertz CT molecular complexity index is 724. The standard InChI is InChI=1S/C17H17F3N2O/c1-11-6-7-16(21)15(8-11)12(2)22-23-10-13-4-3-5-14(9-13)17(18,19)20/h3-9H,10,21H2,1-2H3/b22-12+. The number of hydrogen-bond acceptors (Lipinski definition) is 3. The third-order valence-corrected chi connectivity index (χ3v) is 3.29. The van der Waals surface area contributed by atoms with E-state index in [0.29, 0.717) is 17.0 Å². The van der Waals surface area contributed by atoms with Crippen molar-refractivity contribution < 1.29 is 18.0 Å². The van der Waals surface area contributed by atoms with Crippen LogP contribution in [0.2, 0.25) is 0 Å². The number of aryl methyl sites for hydroxylation is 1.